The van der Waals surface area contributed by atoms with Gasteiger partial charge in [0, 0.05) is 38.8 Å². The molecule has 0 fully saturated rings. The minimum atomic E-state index is -4.69. The van der Waals surface area contributed by atoms with Crippen LogP contribution in [0.1, 0.15) is 35.6 Å². The maximum absolute atomic E-state index is 12.9. The number of hydrogen-bond acceptors (Lipinski definition) is 6. The molecule has 3 N–H and O–H groups in total. The van der Waals surface area contributed by atoms with Crippen LogP contribution >= 0.6 is 0 Å². The molecule has 12 heteroatoms. The second kappa shape index (κ2) is 8.17. The van der Waals surface area contributed by atoms with E-state index in [1.807, 2.05) is 0 Å². The second-order valence-corrected chi connectivity index (χ2v) is 10.4. The molecule has 0 radical (unpaired) electrons. The van der Waals surface area contributed by atoms with Crippen molar-refractivity contribution in [2.75, 3.05) is 17.3 Å². The number of fused-ring (bicyclic) bond motifs is 1. The molecule has 1 amide bonds. The van der Waals surface area contributed by atoms with Gasteiger partial charge < -0.3 is 10.4 Å². The van der Waals surface area contributed by atoms with E-state index in [1.54, 1.807) is 18.3 Å². The number of rotatable bonds is 6. The zero-order chi connectivity index (χ0) is 23.9. The second-order valence-electron chi connectivity index (χ2n) is 7.98. The van der Waals surface area contributed by atoms with Crippen molar-refractivity contribution < 1.29 is 27.3 Å². The first-order valence-electron chi connectivity index (χ1n) is 9.45. The average Bonchev–Trinajstić information content (AvgIpc) is 3.06. The van der Waals surface area contributed by atoms with Crippen molar-refractivity contribution in [2.24, 2.45) is 0 Å². The fraction of sp³-hybridized carbons (Fsp3) is 0.350. The molecule has 1 atom stereocenters. The molecule has 3 rings (SSSR count). The number of benzene rings is 1. The van der Waals surface area contributed by atoms with E-state index in [-0.39, 0.29) is 18.0 Å². The van der Waals surface area contributed by atoms with Crippen LogP contribution in [0.2, 0.25) is 0 Å². The highest BCUT2D eigenvalue weighted by Crippen LogP contribution is 2.32. The van der Waals surface area contributed by atoms with Crippen molar-refractivity contribution in [3.63, 3.8) is 0 Å². The summed E-state index contributed by atoms with van der Waals surface area (Å²) in [5.74, 6) is -0.766. The van der Waals surface area contributed by atoms with Gasteiger partial charge in [-0.05, 0) is 38.1 Å². The van der Waals surface area contributed by atoms with E-state index in [2.05, 4.69) is 15.4 Å². The fourth-order valence-corrected chi connectivity index (χ4v) is 3.56. The van der Waals surface area contributed by atoms with Crippen LogP contribution in [0.25, 0.3) is 10.9 Å². The van der Waals surface area contributed by atoms with E-state index in [9.17, 15) is 27.3 Å². The quantitative estimate of drug-likeness (QED) is 0.509. The molecule has 0 aliphatic rings. The third kappa shape index (κ3) is 5.62. The Kier molecular flexibility index (Phi) is 6.04. The highest BCUT2D eigenvalue weighted by atomic mass is 32.2. The summed E-state index contributed by atoms with van der Waals surface area (Å²) < 4.78 is 59.4. The topological polar surface area (TPSA) is 121 Å². The number of alkyl halides is 3. The maximum atomic E-state index is 12.9. The molecule has 8 nitrogen and oxygen atoms in total. The van der Waals surface area contributed by atoms with Gasteiger partial charge in [0.15, 0.2) is 0 Å². The molecule has 0 bridgehead atoms. The molecule has 172 valence electrons. The van der Waals surface area contributed by atoms with Gasteiger partial charge in [0.25, 0.3) is 5.91 Å². The van der Waals surface area contributed by atoms with Crippen molar-refractivity contribution in [3.05, 3.63) is 53.5 Å². The first-order valence-corrected chi connectivity index (χ1v) is 11.6. The summed E-state index contributed by atoms with van der Waals surface area (Å²) in [6, 6.07) is 6.12. The number of aromatic nitrogens is 3. The van der Waals surface area contributed by atoms with Crippen molar-refractivity contribution in [3.8, 4) is 0 Å². The lowest BCUT2D eigenvalue weighted by molar-refractivity contribution is -0.141. The van der Waals surface area contributed by atoms with Crippen molar-refractivity contribution in [2.45, 2.75) is 32.2 Å². The van der Waals surface area contributed by atoms with Crippen LogP contribution in [0.3, 0.4) is 0 Å². The Morgan fingerprint density at radius 2 is 1.97 bits per heavy atom. The lowest BCUT2D eigenvalue weighted by Crippen LogP contribution is -2.22. The smallest absolute Gasteiger partial charge is 0.386 e. The Morgan fingerprint density at radius 3 is 2.56 bits per heavy atom. The van der Waals surface area contributed by atoms with Gasteiger partial charge in [0.2, 0.25) is 0 Å². The third-order valence-corrected chi connectivity index (χ3v) is 5.54. The Hall–Kier alpha value is -2.99. The van der Waals surface area contributed by atoms with Crippen molar-refractivity contribution >= 4 is 32.2 Å². The number of amides is 1. The van der Waals surface area contributed by atoms with Crippen LogP contribution < -0.4 is 5.32 Å². The summed E-state index contributed by atoms with van der Waals surface area (Å²) >= 11 is 0. The number of carbonyl (C=O) groups is 1. The maximum Gasteiger partial charge on any atom is 0.433 e. The number of halogens is 3. The van der Waals surface area contributed by atoms with Gasteiger partial charge in [0.05, 0.1) is 23.4 Å². The van der Waals surface area contributed by atoms with E-state index < -0.39 is 38.8 Å². The number of pyridine rings is 1. The molecular formula is C20H22F3N5O3S. The molecular weight excluding hydrogens is 447 g/mol. The highest BCUT2D eigenvalue weighted by molar-refractivity contribution is 7.91. The Balaban J connectivity index is 1.98. The van der Waals surface area contributed by atoms with Crippen LogP contribution in [0, 0.1) is 4.78 Å². The lowest BCUT2D eigenvalue weighted by Gasteiger charge is -2.22. The van der Waals surface area contributed by atoms with Crippen LogP contribution in [0.4, 0.5) is 18.9 Å². The summed E-state index contributed by atoms with van der Waals surface area (Å²) in [6.45, 7) is 3.23. The summed E-state index contributed by atoms with van der Waals surface area (Å²) in [5.41, 5.74) is -2.04. The summed E-state index contributed by atoms with van der Waals surface area (Å²) in [5, 5.41) is 18.0. The predicted octanol–water partition coefficient (Wildman–Crippen LogP) is 3.61. The largest absolute Gasteiger partial charge is 0.433 e. The first-order chi connectivity index (χ1) is 14.6. The number of nitrogens with zero attached hydrogens (tertiary/aromatic N) is 3. The lowest BCUT2D eigenvalue weighted by atomic mass is 9.95. The fourth-order valence-electron chi connectivity index (χ4n) is 3.02. The minimum absolute atomic E-state index is 0.101. The third-order valence-electron chi connectivity index (χ3n) is 4.58. The van der Waals surface area contributed by atoms with Crippen LogP contribution in [0.5, 0.6) is 0 Å². The van der Waals surface area contributed by atoms with Gasteiger partial charge in [-0.1, -0.05) is 6.07 Å². The zero-order valence-electron chi connectivity index (χ0n) is 17.5. The Labute approximate surface area is 182 Å². The van der Waals surface area contributed by atoms with Gasteiger partial charge in [-0.3, -0.25) is 18.5 Å². The van der Waals surface area contributed by atoms with Gasteiger partial charge in [-0.2, -0.15) is 18.3 Å². The number of aliphatic hydroxyl groups is 1. The normalized spacial score (nSPS) is 14.3. The van der Waals surface area contributed by atoms with Gasteiger partial charge >= 0.3 is 6.18 Å². The molecule has 32 heavy (non-hydrogen) atoms. The monoisotopic (exact) mass is 469 g/mol. The molecule has 0 aliphatic carbocycles. The Morgan fingerprint density at radius 1 is 1.28 bits per heavy atom. The number of aryl methyl sites for hydroxylation is 1. The summed E-state index contributed by atoms with van der Waals surface area (Å²) in [7, 11) is -2.70. The van der Waals surface area contributed by atoms with E-state index in [0.29, 0.717) is 16.5 Å². The Bertz CT molecular complexity index is 1280. The summed E-state index contributed by atoms with van der Waals surface area (Å²) in [6.07, 6.45) is -1.73. The van der Waals surface area contributed by atoms with Crippen molar-refractivity contribution in [1.29, 1.82) is 4.78 Å². The molecule has 3 aromatic rings. The van der Waals surface area contributed by atoms with E-state index in [1.165, 1.54) is 24.8 Å². The first kappa shape index (κ1) is 23.7. The highest BCUT2D eigenvalue weighted by Gasteiger charge is 2.33. The van der Waals surface area contributed by atoms with Crippen LogP contribution in [0.15, 0.2) is 36.5 Å². The van der Waals surface area contributed by atoms with E-state index >= 15 is 0 Å². The predicted molar refractivity (Wildman–Crippen MR) is 114 cm³/mol. The molecule has 2 aromatic heterocycles. The average molecular weight is 469 g/mol. The number of anilines is 1. The molecule has 1 aromatic carbocycles. The van der Waals surface area contributed by atoms with Crippen LogP contribution in [-0.2, 0) is 28.1 Å². The molecule has 0 saturated heterocycles. The molecule has 2 heterocycles. The van der Waals surface area contributed by atoms with Gasteiger partial charge in [-0.15, -0.1) is 0 Å². The van der Waals surface area contributed by atoms with Crippen LogP contribution in [-0.4, -0.2) is 42.0 Å². The molecule has 0 aliphatic heterocycles. The SMILES string of the molecule is CC(C)(O)c1cc2nn(CCS(C)(=N)=O)cc2cc1NC(=O)c1cccc(C(F)(F)F)n1. The minimum Gasteiger partial charge on any atom is -0.386 e. The summed E-state index contributed by atoms with van der Waals surface area (Å²) in [4.78, 5) is 16.0. The molecule has 0 spiro atoms. The van der Waals surface area contributed by atoms with Gasteiger partial charge in [0.1, 0.15) is 11.4 Å². The number of nitrogens with one attached hydrogen (secondary N) is 2. The standard InChI is InChI=1S/C20H22F3N5O3S/c1-19(2,30)13-10-15-12(11-28(27-15)7-8-32(3,24)31)9-16(13)26-18(29)14-5-4-6-17(25-14)20(21,22)23/h4-6,9-11,24,30H,7-8H2,1-3H3,(H,26,29). The van der Waals surface area contributed by atoms with Crippen molar-refractivity contribution in [1.82, 2.24) is 14.8 Å². The molecule has 0 saturated carbocycles. The van der Waals surface area contributed by atoms with E-state index in [4.69, 9.17) is 4.78 Å². The van der Waals surface area contributed by atoms with E-state index in [0.717, 1.165) is 18.2 Å². The zero-order valence-corrected chi connectivity index (χ0v) is 18.3. The number of hydrogen-bond donors (Lipinski definition) is 3. The molecule has 1 unspecified atom stereocenters. The van der Waals surface area contributed by atoms with Gasteiger partial charge in [-0.25, -0.2) is 4.98 Å². The number of carbonyl (C=O) groups excluding carboxylic acids is 1.